The molecule has 2 rings (SSSR count). The average molecular weight is 357 g/mol. The highest BCUT2D eigenvalue weighted by Crippen LogP contribution is 2.33. The van der Waals surface area contributed by atoms with Crippen molar-refractivity contribution in [2.45, 2.75) is 40.0 Å². The van der Waals surface area contributed by atoms with E-state index in [1.165, 1.54) is 5.56 Å². The van der Waals surface area contributed by atoms with Crippen LogP contribution in [0, 0.1) is 32.1 Å². The molecule has 0 aliphatic rings. The second kappa shape index (κ2) is 8.34. The summed E-state index contributed by atoms with van der Waals surface area (Å²) in [6.07, 6.45) is 1.04. The first-order valence-electron chi connectivity index (χ1n) is 8.19. The summed E-state index contributed by atoms with van der Waals surface area (Å²) in [5, 5.41) is 19.3. The molecule has 2 aromatic carbocycles. The average Bonchev–Trinajstić information content (AvgIpc) is 2.57. The predicted octanol–water partition coefficient (Wildman–Crippen LogP) is 4.46. The Balaban J connectivity index is 2.39. The van der Waals surface area contributed by atoms with Gasteiger partial charge in [0.2, 0.25) is 0 Å². The lowest BCUT2D eigenvalue weighted by molar-refractivity contribution is 0.379. The van der Waals surface area contributed by atoms with Crippen molar-refractivity contribution in [1.29, 1.82) is 5.26 Å². The molecule has 132 valence electrons. The van der Waals surface area contributed by atoms with E-state index >= 15 is 0 Å². The fourth-order valence-electron chi connectivity index (χ4n) is 3.18. The smallest absolute Gasteiger partial charge is 0.129 e. The van der Waals surface area contributed by atoms with Gasteiger partial charge in [-0.25, -0.2) is 0 Å². The molecule has 2 unspecified atom stereocenters. The van der Waals surface area contributed by atoms with E-state index in [0.29, 0.717) is 11.9 Å². The van der Waals surface area contributed by atoms with Crippen LogP contribution in [0.3, 0.4) is 0 Å². The Morgan fingerprint density at radius 2 is 1.84 bits per heavy atom. The Labute approximate surface area is 151 Å². The molecule has 0 bridgehead atoms. The number of benzene rings is 2. The number of rotatable bonds is 6. The summed E-state index contributed by atoms with van der Waals surface area (Å²) < 4.78 is 5.52. The molecule has 0 aliphatic carbocycles. The topological polar surface area (TPSA) is 73.5 Å². The monoisotopic (exact) mass is 357 g/mol. The van der Waals surface area contributed by atoms with Crippen LogP contribution in [0.15, 0.2) is 24.3 Å². The van der Waals surface area contributed by atoms with Gasteiger partial charge in [-0.2, -0.15) is 5.26 Å². The van der Waals surface area contributed by atoms with Crippen molar-refractivity contribution in [3.8, 4) is 17.6 Å². The molecule has 0 saturated heterocycles. The maximum atomic E-state index is 10.1. The molecule has 0 saturated carbocycles. The molecular formula is C20H24NO3P. The summed E-state index contributed by atoms with van der Waals surface area (Å²) in [5.74, 6) is 0.594. The Hall–Kier alpha value is -2.08. The quantitative estimate of drug-likeness (QED) is 0.749. The maximum Gasteiger partial charge on any atom is 0.129 e. The van der Waals surface area contributed by atoms with Gasteiger partial charge < -0.3 is 14.7 Å². The lowest BCUT2D eigenvalue weighted by Gasteiger charge is -2.17. The van der Waals surface area contributed by atoms with Gasteiger partial charge in [0, 0.05) is 14.4 Å². The van der Waals surface area contributed by atoms with Gasteiger partial charge in [-0.3, -0.25) is 0 Å². The van der Waals surface area contributed by atoms with E-state index in [1.54, 1.807) is 13.0 Å². The fourth-order valence-corrected chi connectivity index (χ4v) is 3.42. The van der Waals surface area contributed by atoms with Crippen molar-refractivity contribution in [2.75, 3.05) is 6.35 Å². The minimum atomic E-state index is -0.350. The van der Waals surface area contributed by atoms with Gasteiger partial charge in [0.1, 0.15) is 17.8 Å². The predicted molar refractivity (Wildman–Crippen MR) is 102 cm³/mol. The van der Waals surface area contributed by atoms with Crippen LogP contribution in [0.25, 0.3) is 0 Å². The summed E-state index contributed by atoms with van der Waals surface area (Å²) in [5.41, 5.74) is 6.24. The first kappa shape index (κ1) is 19.2. The molecule has 5 heteroatoms. The Morgan fingerprint density at radius 3 is 2.40 bits per heavy atom. The van der Waals surface area contributed by atoms with Gasteiger partial charge >= 0.3 is 0 Å². The number of nitrogens with zero attached hydrogens (tertiary/aromatic N) is 1. The number of nitriles is 1. The molecule has 0 aliphatic heterocycles. The number of hydrogen-bond donors (Lipinski definition) is 2. The van der Waals surface area contributed by atoms with Crippen molar-refractivity contribution in [2.24, 2.45) is 0 Å². The van der Waals surface area contributed by atoms with E-state index in [4.69, 9.17) is 9.63 Å². The van der Waals surface area contributed by atoms with Crippen LogP contribution in [0.1, 0.15) is 46.2 Å². The third-order valence-corrected chi connectivity index (χ3v) is 4.84. The zero-order valence-electron chi connectivity index (χ0n) is 15.1. The maximum absolute atomic E-state index is 10.1. The molecule has 2 aromatic rings. The van der Waals surface area contributed by atoms with E-state index < -0.39 is 0 Å². The van der Waals surface area contributed by atoms with E-state index in [1.807, 2.05) is 39.0 Å². The molecule has 4 nitrogen and oxygen atoms in total. The van der Waals surface area contributed by atoms with Gasteiger partial charge in [0.05, 0.1) is 12.0 Å². The van der Waals surface area contributed by atoms with Crippen LogP contribution < -0.4 is 4.74 Å². The lowest BCUT2D eigenvalue weighted by atomic mass is 9.88. The number of hydrogen-bond acceptors (Lipinski definition) is 4. The zero-order valence-corrected chi connectivity index (χ0v) is 16.1. The van der Waals surface area contributed by atoms with Gasteiger partial charge in [-0.1, -0.05) is 6.07 Å². The van der Waals surface area contributed by atoms with Crippen molar-refractivity contribution in [3.05, 3.63) is 57.6 Å². The van der Waals surface area contributed by atoms with Crippen molar-refractivity contribution in [1.82, 2.24) is 0 Å². The van der Waals surface area contributed by atoms with Gasteiger partial charge in [0.15, 0.2) is 0 Å². The van der Waals surface area contributed by atoms with Crippen LogP contribution in [0.4, 0.5) is 0 Å². The number of ether oxygens (including phenoxy) is 1. The molecule has 0 spiro atoms. The number of aromatic hydroxyl groups is 1. The standard InChI is InChI=1S/C20H24NO3P/c1-12-7-17(24-11-25-23)8-13(2)18(12)9-16-5-6-19(22)20(15(16)4)14(3)10-21/h5-8,14,22-23,25H,9,11H2,1-4H3. The van der Waals surface area contributed by atoms with Crippen molar-refractivity contribution >= 4 is 8.81 Å². The first-order valence-corrected chi connectivity index (χ1v) is 9.35. The molecule has 0 heterocycles. The van der Waals surface area contributed by atoms with Crippen molar-refractivity contribution in [3.63, 3.8) is 0 Å². The lowest BCUT2D eigenvalue weighted by Crippen LogP contribution is -2.03. The highest BCUT2D eigenvalue weighted by atomic mass is 31.1. The van der Waals surface area contributed by atoms with Crippen LogP contribution >= 0.6 is 8.81 Å². The van der Waals surface area contributed by atoms with E-state index in [2.05, 4.69) is 6.07 Å². The zero-order chi connectivity index (χ0) is 18.6. The normalized spacial score (nSPS) is 12.3. The summed E-state index contributed by atoms with van der Waals surface area (Å²) >= 11 is 0. The highest BCUT2D eigenvalue weighted by Gasteiger charge is 2.17. The second-order valence-electron chi connectivity index (χ2n) is 6.29. The molecule has 2 N–H and O–H groups in total. The minimum Gasteiger partial charge on any atom is -0.508 e. The number of phenolic OH excluding ortho intramolecular Hbond substituents is 1. The van der Waals surface area contributed by atoms with E-state index in [9.17, 15) is 10.4 Å². The van der Waals surface area contributed by atoms with E-state index in [0.717, 1.165) is 34.4 Å². The summed E-state index contributed by atoms with van der Waals surface area (Å²) in [6.45, 7) is 7.86. The van der Waals surface area contributed by atoms with Crippen LogP contribution in [0.5, 0.6) is 11.5 Å². The highest BCUT2D eigenvalue weighted by molar-refractivity contribution is 7.30. The molecular weight excluding hydrogens is 333 g/mol. The van der Waals surface area contributed by atoms with Crippen molar-refractivity contribution < 1.29 is 14.7 Å². The van der Waals surface area contributed by atoms with Crippen LogP contribution in [-0.2, 0) is 6.42 Å². The number of phenols is 1. The third-order valence-electron chi connectivity index (χ3n) is 4.57. The molecule has 25 heavy (non-hydrogen) atoms. The summed E-state index contributed by atoms with van der Waals surface area (Å²) in [7, 11) is -0.228. The number of aryl methyl sites for hydroxylation is 2. The summed E-state index contributed by atoms with van der Waals surface area (Å²) in [6, 6.07) is 9.78. The third kappa shape index (κ3) is 4.31. The largest absolute Gasteiger partial charge is 0.508 e. The molecule has 0 fully saturated rings. The molecule has 0 aromatic heterocycles. The molecule has 0 amide bonds. The minimum absolute atomic E-state index is 0.178. The molecule has 0 radical (unpaired) electrons. The fraction of sp³-hybridized carbons (Fsp3) is 0.350. The Kier molecular flexibility index (Phi) is 6.42. The van der Waals surface area contributed by atoms with Gasteiger partial charge in [-0.15, -0.1) is 0 Å². The Morgan fingerprint density at radius 1 is 1.20 bits per heavy atom. The van der Waals surface area contributed by atoms with Gasteiger partial charge in [0.25, 0.3) is 0 Å². The molecule has 2 atom stereocenters. The first-order chi connectivity index (χ1) is 11.9. The Bertz CT molecular complexity index is 788. The van der Waals surface area contributed by atoms with E-state index in [-0.39, 0.29) is 20.5 Å². The SMILES string of the molecule is Cc1cc(OCPO)cc(C)c1Cc1ccc(O)c(C(C)C#N)c1C. The van der Waals surface area contributed by atoms with Crippen LogP contribution in [-0.4, -0.2) is 16.3 Å². The summed E-state index contributed by atoms with van der Waals surface area (Å²) in [4.78, 5) is 8.92. The van der Waals surface area contributed by atoms with Gasteiger partial charge in [-0.05, 0) is 80.1 Å². The van der Waals surface area contributed by atoms with Crippen LogP contribution in [0.2, 0.25) is 0 Å². The second-order valence-corrected chi connectivity index (χ2v) is 6.90.